The van der Waals surface area contributed by atoms with Gasteiger partial charge < -0.3 is 5.32 Å². The van der Waals surface area contributed by atoms with Crippen LogP contribution in [0.2, 0.25) is 5.02 Å². The number of nitrogens with zero attached hydrogens (tertiary/aromatic N) is 1. The monoisotopic (exact) mass is 394 g/mol. The molecule has 0 unspecified atom stereocenters. The molecule has 1 amide bonds. The van der Waals surface area contributed by atoms with E-state index in [0.717, 1.165) is 39.4 Å². The number of amides is 1. The Balaban J connectivity index is 2.33. The van der Waals surface area contributed by atoms with E-state index in [1.807, 2.05) is 32.0 Å². The van der Waals surface area contributed by atoms with E-state index >= 15 is 0 Å². The van der Waals surface area contributed by atoms with Crippen molar-refractivity contribution in [3.63, 3.8) is 0 Å². The molecule has 26 heavy (non-hydrogen) atoms. The van der Waals surface area contributed by atoms with Crippen LogP contribution in [0.4, 0.5) is 11.4 Å². The molecule has 140 valence electrons. The molecule has 2 aromatic carbocycles. The van der Waals surface area contributed by atoms with Gasteiger partial charge in [0.25, 0.3) is 0 Å². The second-order valence-electron chi connectivity index (χ2n) is 6.21. The van der Waals surface area contributed by atoms with Crippen LogP contribution in [0.25, 0.3) is 0 Å². The lowest BCUT2D eigenvalue weighted by atomic mass is 10.1. The maximum atomic E-state index is 12.6. The van der Waals surface area contributed by atoms with Gasteiger partial charge in [-0.25, -0.2) is 8.42 Å². The van der Waals surface area contributed by atoms with Crippen LogP contribution in [0.15, 0.2) is 36.4 Å². The summed E-state index contributed by atoms with van der Waals surface area (Å²) in [6.45, 7) is 5.36. The highest BCUT2D eigenvalue weighted by Crippen LogP contribution is 2.27. The van der Waals surface area contributed by atoms with Crippen molar-refractivity contribution in [3.8, 4) is 0 Å². The van der Waals surface area contributed by atoms with Gasteiger partial charge >= 0.3 is 0 Å². The molecular weight excluding hydrogens is 372 g/mol. The van der Waals surface area contributed by atoms with Crippen LogP contribution in [-0.4, -0.2) is 27.1 Å². The van der Waals surface area contributed by atoms with Crippen LogP contribution in [0.1, 0.15) is 23.6 Å². The number of nitrogens with one attached hydrogen (secondary N) is 1. The van der Waals surface area contributed by atoms with E-state index in [-0.39, 0.29) is 6.54 Å². The number of hydrogen-bond donors (Lipinski definition) is 1. The number of rotatable bonds is 6. The van der Waals surface area contributed by atoms with E-state index < -0.39 is 15.9 Å². The number of hydrogen-bond acceptors (Lipinski definition) is 3. The van der Waals surface area contributed by atoms with E-state index in [9.17, 15) is 13.2 Å². The summed E-state index contributed by atoms with van der Waals surface area (Å²) < 4.78 is 25.6. The molecule has 0 radical (unpaired) electrons. The minimum absolute atomic E-state index is 0.322. The lowest BCUT2D eigenvalue weighted by Crippen LogP contribution is -2.38. The fourth-order valence-corrected chi connectivity index (χ4v) is 3.82. The molecule has 0 bridgehead atoms. The number of benzene rings is 2. The Kier molecular flexibility index (Phi) is 6.31. The Labute approximate surface area is 160 Å². The highest BCUT2D eigenvalue weighted by Gasteiger charge is 2.23. The van der Waals surface area contributed by atoms with Crippen LogP contribution < -0.4 is 9.62 Å². The SMILES string of the molecule is CCc1cccc(C)c1NC(=O)CN(c1cc(Cl)ccc1C)S(C)(=O)=O. The van der Waals surface area contributed by atoms with Crippen molar-refractivity contribution in [3.05, 3.63) is 58.1 Å². The zero-order chi connectivity index (χ0) is 19.5. The van der Waals surface area contributed by atoms with Crippen LogP contribution >= 0.6 is 11.6 Å². The smallest absolute Gasteiger partial charge is 0.245 e. The minimum atomic E-state index is -3.66. The number of carbonyl (C=O) groups is 1. The van der Waals surface area contributed by atoms with Crippen molar-refractivity contribution in [2.75, 3.05) is 22.4 Å². The topological polar surface area (TPSA) is 66.5 Å². The van der Waals surface area contributed by atoms with Gasteiger partial charge in [-0.2, -0.15) is 0 Å². The molecule has 0 fully saturated rings. The number of aryl methyl sites for hydroxylation is 3. The third-order valence-corrected chi connectivity index (χ3v) is 5.49. The average molecular weight is 395 g/mol. The van der Waals surface area contributed by atoms with Gasteiger partial charge in [-0.05, 0) is 49.1 Å². The molecule has 5 nitrogen and oxygen atoms in total. The van der Waals surface area contributed by atoms with Crippen molar-refractivity contribution in [2.45, 2.75) is 27.2 Å². The summed E-state index contributed by atoms with van der Waals surface area (Å²) in [5, 5.41) is 3.27. The van der Waals surface area contributed by atoms with E-state index in [0.29, 0.717) is 10.7 Å². The quantitative estimate of drug-likeness (QED) is 0.807. The van der Waals surface area contributed by atoms with Crippen LogP contribution in [0.5, 0.6) is 0 Å². The Bertz CT molecular complexity index is 926. The molecular formula is C19H23ClN2O3S. The van der Waals surface area contributed by atoms with Crippen LogP contribution in [0.3, 0.4) is 0 Å². The molecule has 0 aliphatic rings. The summed E-state index contributed by atoms with van der Waals surface area (Å²) in [6.07, 6.45) is 1.84. The molecule has 0 spiro atoms. The zero-order valence-corrected chi connectivity index (χ0v) is 16.9. The van der Waals surface area contributed by atoms with E-state index in [4.69, 9.17) is 11.6 Å². The summed E-state index contributed by atoms with van der Waals surface area (Å²) in [4.78, 5) is 12.6. The Morgan fingerprint density at radius 2 is 1.85 bits per heavy atom. The first kappa shape index (κ1) is 20.3. The summed E-state index contributed by atoms with van der Waals surface area (Å²) in [7, 11) is -3.66. The molecule has 7 heteroatoms. The minimum Gasteiger partial charge on any atom is -0.324 e. The van der Waals surface area contributed by atoms with Crippen molar-refractivity contribution in [1.82, 2.24) is 0 Å². The van der Waals surface area contributed by atoms with Crippen molar-refractivity contribution < 1.29 is 13.2 Å². The third-order valence-electron chi connectivity index (χ3n) is 4.13. The largest absolute Gasteiger partial charge is 0.324 e. The Morgan fingerprint density at radius 3 is 2.46 bits per heavy atom. The van der Waals surface area contributed by atoms with Gasteiger partial charge in [-0.15, -0.1) is 0 Å². The van der Waals surface area contributed by atoms with Crippen LogP contribution in [0, 0.1) is 13.8 Å². The molecule has 0 aromatic heterocycles. The molecule has 0 heterocycles. The number of para-hydroxylation sites is 1. The first-order chi connectivity index (χ1) is 12.1. The molecule has 0 atom stereocenters. The number of anilines is 2. The van der Waals surface area contributed by atoms with E-state index in [1.165, 1.54) is 0 Å². The summed E-state index contributed by atoms with van der Waals surface area (Å²) in [5.41, 5.74) is 3.79. The maximum absolute atomic E-state index is 12.6. The normalized spacial score (nSPS) is 11.3. The first-order valence-corrected chi connectivity index (χ1v) is 10.5. The van der Waals surface area contributed by atoms with Gasteiger partial charge in [0.1, 0.15) is 6.54 Å². The lowest BCUT2D eigenvalue weighted by Gasteiger charge is -2.24. The Morgan fingerprint density at radius 1 is 1.15 bits per heavy atom. The fraction of sp³-hybridized carbons (Fsp3) is 0.316. The Hall–Kier alpha value is -2.05. The lowest BCUT2D eigenvalue weighted by molar-refractivity contribution is -0.114. The summed E-state index contributed by atoms with van der Waals surface area (Å²) >= 11 is 6.02. The molecule has 1 N–H and O–H groups in total. The summed E-state index contributed by atoms with van der Waals surface area (Å²) in [6, 6.07) is 10.7. The van der Waals surface area contributed by atoms with Gasteiger partial charge in [-0.3, -0.25) is 9.10 Å². The maximum Gasteiger partial charge on any atom is 0.245 e. The van der Waals surface area contributed by atoms with Crippen molar-refractivity contribution >= 4 is 38.9 Å². The van der Waals surface area contributed by atoms with Gasteiger partial charge in [-0.1, -0.05) is 42.8 Å². The number of halogens is 1. The van der Waals surface area contributed by atoms with Gasteiger partial charge in [0.05, 0.1) is 11.9 Å². The molecule has 0 saturated heterocycles. The van der Waals surface area contributed by atoms with Crippen molar-refractivity contribution in [1.29, 1.82) is 0 Å². The van der Waals surface area contributed by atoms with Gasteiger partial charge in [0.15, 0.2) is 0 Å². The standard InChI is InChI=1S/C19H23ClN2O3S/c1-5-15-8-6-7-14(3)19(15)21-18(23)12-22(26(4,24)25)17-11-16(20)10-9-13(17)2/h6-11H,5,12H2,1-4H3,(H,21,23). The highest BCUT2D eigenvalue weighted by atomic mass is 35.5. The third kappa shape index (κ3) is 4.77. The predicted octanol–water partition coefficient (Wildman–Crippen LogP) is 3.92. The molecule has 0 saturated carbocycles. The van der Waals surface area contributed by atoms with Gasteiger partial charge in [0, 0.05) is 10.7 Å². The van der Waals surface area contributed by atoms with Crippen molar-refractivity contribution in [2.24, 2.45) is 0 Å². The molecule has 2 rings (SSSR count). The first-order valence-electron chi connectivity index (χ1n) is 8.25. The van der Waals surface area contributed by atoms with E-state index in [2.05, 4.69) is 5.32 Å². The predicted molar refractivity (Wildman–Crippen MR) is 108 cm³/mol. The van der Waals surface area contributed by atoms with Gasteiger partial charge in [0.2, 0.25) is 15.9 Å². The zero-order valence-electron chi connectivity index (χ0n) is 15.3. The number of sulfonamides is 1. The fourth-order valence-electron chi connectivity index (χ4n) is 2.74. The number of carbonyl (C=O) groups excluding carboxylic acids is 1. The molecule has 0 aliphatic heterocycles. The molecule has 0 aliphatic carbocycles. The molecule has 2 aromatic rings. The van der Waals surface area contributed by atoms with Crippen LogP contribution in [-0.2, 0) is 21.2 Å². The van der Waals surface area contributed by atoms with E-state index in [1.54, 1.807) is 25.1 Å². The second-order valence-corrected chi connectivity index (χ2v) is 8.55. The highest BCUT2D eigenvalue weighted by molar-refractivity contribution is 7.92. The average Bonchev–Trinajstić information content (AvgIpc) is 2.56. The second kappa shape index (κ2) is 8.10. The summed E-state index contributed by atoms with van der Waals surface area (Å²) in [5.74, 6) is -0.404.